The fourth-order valence-corrected chi connectivity index (χ4v) is 1.54. The highest BCUT2D eigenvalue weighted by molar-refractivity contribution is 9.10. The summed E-state index contributed by atoms with van der Waals surface area (Å²) in [5.41, 5.74) is 0.949. The van der Waals surface area contributed by atoms with Crippen LogP contribution in [0.25, 0.3) is 0 Å². The van der Waals surface area contributed by atoms with Gasteiger partial charge in [0.05, 0.1) is 6.20 Å². The number of pyridine rings is 1. The van der Waals surface area contributed by atoms with Crippen molar-refractivity contribution in [3.63, 3.8) is 0 Å². The Morgan fingerprint density at radius 1 is 1.40 bits per heavy atom. The molecule has 0 aliphatic heterocycles. The first-order chi connectivity index (χ1) is 7.18. The normalized spacial score (nSPS) is 10.3. The van der Waals surface area contributed by atoms with E-state index in [2.05, 4.69) is 31.2 Å². The molecule has 5 nitrogen and oxygen atoms in total. The van der Waals surface area contributed by atoms with Crippen molar-refractivity contribution in [1.82, 2.24) is 20.0 Å². The molecule has 15 heavy (non-hydrogen) atoms. The van der Waals surface area contributed by atoms with E-state index >= 15 is 0 Å². The first kappa shape index (κ1) is 9.97. The highest BCUT2D eigenvalue weighted by atomic mass is 79.9. The number of nitrogens with zero attached hydrogens (tertiary/aromatic N) is 4. The Hall–Kier alpha value is -1.56. The van der Waals surface area contributed by atoms with Gasteiger partial charge in [0.15, 0.2) is 0 Å². The highest BCUT2D eigenvalue weighted by Crippen LogP contribution is 2.12. The summed E-state index contributed by atoms with van der Waals surface area (Å²) >= 11 is 3.26. The van der Waals surface area contributed by atoms with E-state index in [1.807, 2.05) is 0 Å². The van der Waals surface area contributed by atoms with Gasteiger partial charge in [-0.1, -0.05) is 5.21 Å². The van der Waals surface area contributed by atoms with Crippen molar-refractivity contribution in [3.8, 4) is 0 Å². The summed E-state index contributed by atoms with van der Waals surface area (Å²) in [6, 6.07) is 1.71. The van der Waals surface area contributed by atoms with Gasteiger partial charge in [-0.3, -0.25) is 9.78 Å². The van der Waals surface area contributed by atoms with Crippen molar-refractivity contribution < 1.29 is 4.79 Å². The summed E-state index contributed by atoms with van der Waals surface area (Å²) in [6.07, 6.45) is 4.57. The highest BCUT2D eigenvalue weighted by Gasteiger charge is 2.13. The topological polar surface area (TPSA) is 60.7 Å². The minimum Gasteiger partial charge on any atom is -0.287 e. The van der Waals surface area contributed by atoms with Gasteiger partial charge in [0.25, 0.3) is 0 Å². The zero-order valence-corrected chi connectivity index (χ0v) is 9.47. The van der Waals surface area contributed by atoms with Crippen molar-refractivity contribution in [2.45, 2.75) is 0 Å². The van der Waals surface area contributed by atoms with Crippen molar-refractivity contribution in [2.75, 3.05) is 0 Å². The molecular formula is C9H7BrN4O. The van der Waals surface area contributed by atoms with Gasteiger partial charge >= 0.3 is 0 Å². The van der Waals surface area contributed by atoms with Crippen molar-refractivity contribution >= 4 is 21.7 Å². The maximum atomic E-state index is 11.9. The lowest BCUT2D eigenvalue weighted by Gasteiger charge is -1.99. The Labute approximate surface area is 94.3 Å². The van der Waals surface area contributed by atoms with Crippen LogP contribution in [-0.2, 0) is 7.05 Å². The Morgan fingerprint density at radius 2 is 2.20 bits per heavy atom. The molecular weight excluding hydrogens is 260 g/mol. The number of hydrogen-bond donors (Lipinski definition) is 0. The van der Waals surface area contributed by atoms with Gasteiger partial charge in [0.2, 0.25) is 5.78 Å². The molecule has 0 amide bonds. The fraction of sp³-hybridized carbons (Fsp3) is 0.111. The number of rotatable bonds is 2. The van der Waals surface area contributed by atoms with E-state index in [1.165, 1.54) is 17.1 Å². The van der Waals surface area contributed by atoms with E-state index in [-0.39, 0.29) is 5.78 Å². The largest absolute Gasteiger partial charge is 0.287 e. The van der Waals surface area contributed by atoms with Crippen LogP contribution in [0.15, 0.2) is 29.1 Å². The molecule has 2 heterocycles. The van der Waals surface area contributed by atoms with Crippen molar-refractivity contribution in [3.05, 3.63) is 40.4 Å². The Kier molecular flexibility index (Phi) is 2.59. The molecule has 0 radical (unpaired) electrons. The van der Waals surface area contributed by atoms with E-state index < -0.39 is 0 Å². The van der Waals surface area contributed by atoms with Crippen LogP contribution in [0, 0.1) is 0 Å². The molecule has 6 heteroatoms. The maximum absolute atomic E-state index is 11.9. The summed E-state index contributed by atoms with van der Waals surface area (Å²) in [7, 11) is 1.67. The molecule has 0 N–H and O–H groups in total. The van der Waals surface area contributed by atoms with Crippen molar-refractivity contribution in [2.24, 2.45) is 7.05 Å². The number of carbonyl (C=O) groups excluding carboxylic acids is 1. The SMILES string of the molecule is Cn1nncc1C(=O)c1cncc(Br)c1. The van der Waals surface area contributed by atoms with Crippen LogP contribution in [0.5, 0.6) is 0 Å². The number of hydrogen-bond acceptors (Lipinski definition) is 4. The third kappa shape index (κ3) is 1.94. The van der Waals surface area contributed by atoms with Crippen LogP contribution in [0.3, 0.4) is 0 Å². The van der Waals surface area contributed by atoms with Crippen LogP contribution < -0.4 is 0 Å². The van der Waals surface area contributed by atoms with Crippen LogP contribution in [0.2, 0.25) is 0 Å². The molecule has 0 unspecified atom stereocenters. The fourth-order valence-electron chi connectivity index (χ4n) is 1.18. The minimum atomic E-state index is -0.142. The van der Waals surface area contributed by atoms with E-state index in [9.17, 15) is 4.79 Å². The summed E-state index contributed by atoms with van der Waals surface area (Å²) in [4.78, 5) is 15.8. The molecule has 0 bridgehead atoms. The monoisotopic (exact) mass is 266 g/mol. The average Bonchev–Trinajstić information content (AvgIpc) is 2.63. The third-order valence-electron chi connectivity index (χ3n) is 1.91. The third-order valence-corrected chi connectivity index (χ3v) is 2.35. The van der Waals surface area contributed by atoms with Gasteiger partial charge in [0.1, 0.15) is 5.69 Å². The molecule has 2 aromatic heterocycles. The lowest BCUT2D eigenvalue weighted by Crippen LogP contribution is -2.08. The average molecular weight is 267 g/mol. The van der Waals surface area contributed by atoms with E-state index in [1.54, 1.807) is 19.3 Å². The Morgan fingerprint density at radius 3 is 2.80 bits per heavy atom. The van der Waals surface area contributed by atoms with E-state index in [4.69, 9.17) is 0 Å². The predicted molar refractivity (Wildman–Crippen MR) is 56.4 cm³/mol. The van der Waals surface area contributed by atoms with Crippen LogP contribution in [0.4, 0.5) is 0 Å². The first-order valence-electron chi connectivity index (χ1n) is 4.18. The van der Waals surface area contributed by atoms with Gasteiger partial charge in [-0.2, -0.15) is 0 Å². The molecule has 0 saturated heterocycles. The summed E-state index contributed by atoms with van der Waals surface area (Å²) in [5.74, 6) is -0.142. The number of halogens is 1. The molecule has 0 fully saturated rings. The molecule has 0 aromatic carbocycles. The van der Waals surface area contributed by atoms with Gasteiger partial charge < -0.3 is 0 Å². The molecule has 0 saturated carbocycles. The second kappa shape index (κ2) is 3.90. The smallest absolute Gasteiger partial charge is 0.214 e. The number of aryl methyl sites for hydroxylation is 1. The molecule has 0 atom stereocenters. The predicted octanol–water partition coefficient (Wildman–Crippen LogP) is 1.20. The summed E-state index contributed by atoms with van der Waals surface area (Å²) < 4.78 is 2.20. The molecule has 0 aliphatic carbocycles. The standard InChI is InChI=1S/C9H7BrN4O/c1-14-8(5-12-13-14)9(15)6-2-7(10)4-11-3-6/h2-5H,1H3. The number of ketones is 1. The Bertz CT molecular complexity index is 508. The van der Waals surface area contributed by atoms with E-state index in [0.29, 0.717) is 11.3 Å². The molecule has 2 rings (SSSR count). The molecule has 76 valence electrons. The zero-order valence-electron chi connectivity index (χ0n) is 7.88. The minimum absolute atomic E-state index is 0.142. The van der Waals surface area contributed by atoms with Crippen LogP contribution in [-0.4, -0.2) is 25.8 Å². The summed E-state index contributed by atoms with van der Waals surface area (Å²) in [6.45, 7) is 0. The van der Waals surface area contributed by atoms with Gasteiger partial charge in [-0.05, 0) is 22.0 Å². The first-order valence-corrected chi connectivity index (χ1v) is 4.97. The molecule has 0 spiro atoms. The van der Waals surface area contributed by atoms with E-state index in [0.717, 1.165) is 4.47 Å². The second-order valence-electron chi connectivity index (χ2n) is 2.96. The number of aromatic nitrogens is 4. The maximum Gasteiger partial charge on any atom is 0.214 e. The van der Waals surface area contributed by atoms with Gasteiger partial charge in [-0.25, -0.2) is 4.68 Å². The van der Waals surface area contributed by atoms with Crippen LogP contribution >= 0.6 is 15.9 Å². The van der Waals surface area contributed by atoms with Crippen LogP contribution in [0.1, 0.15) is 16.1 Å². The van der Waals surface area contributed by atoms with Gasteiger partial charge in [-0.15, -0.1) is 5.10 Å². The van der Waals surface area contributed by atoms with Crippen molar-refractivity contribution in [1.29, 1.82) is 0 Å². The summed E-state index contributed by atoms with van der Waals surface area (Å²) in [5, 5.41) is 7.35. The zero-order chi connectivity index (χ0) is 10.8. The number of carbonyl (C=O) groups is 1. The quantitative estimate of drug-likeness (QED) is 0.767. The molecule has 0 aliphatic rings. The molecule has 2 aromatic rings. The lowest BCUT2D eigenvalue weighted by atomic mass is 10.1. The Balaban J connectivity index is 2.41. The second-order valence-corrected chi connectivity index (χ2v) is 3.88. The van der Waals surface area contributed by atoms with Gasteiger partial charge in [0, 0.05) is 29.5 Å². The lowest BCUT2D eigenvalue weighted by molar-refractivity contribution is 0.103.